The summed E-state index contributed by atoms with van der Waals surface area (Å²) < 4.78 is 11.6. The topological polar surface area (TPSA) is 30.5 Å². The Morgan fingerprint density at radius 3 is 2.57 bits per heavy atom. The van der Waals surface area contributed by atoms with Gasteiger partial charge < -0.3 is 14.8 Å². The Labute approximate surface area is 138 Å². The van der Waals surface area contributed by atoms with E-state index < -0.39 is 0 Å². The minimum atomic E-state index is 0.329. The van der Waals surface area contributed by atoms with E-state index in [9.17, 15) is 0 Å². The first-order valence-electron chi connectivity index (χ1n) is 6.75. The zero-order chi connectivity index (χ0) is 15.4. The van der Waals surface area contributed by atoms with Crippen LogP contribution in [0.15, 0.2) is 28.7 Å². The van der Waals surface area contributed by atoms with E-state index in [2.05, 4.69) is 53.3 Å². The molecule has 5 heteroatoms. The van der Waals surface area contributed by atoms with E-state index in [1.807, 2.05) is 17.4 Å². The number of hydrogen-bond acceptors (Lipinski definition) is 4. The molecule has 0 amide bonds. The summed E-state index contributed by atoms with van der Waals surface area (Å²) in [5.74, 6) is 1.46. The standard InChI is InChI=1S/C16H20BrNO2S/c1-10-5-6-15(21-10)11(2)18-9-12-7-13(17)16(20-4)14(8-12)19-3/h5-8,11,18H,9H2,1-4H3. The molecule has 1 atom stereocenters. The second-order valence-corrected chi connectivity index (χ2v) is 7.04. The van der Waals surface area contributed by atoms with Gasteiger partial charge in [0.2, 0.25) is 0 Å². The number of methoxy groups -OCH3 is 2. The lowest BCUT2D eigenvalue weighted by Crippen LogP contribution is -2.17. The third-order valence-corrected chi connectivity index (χ3v) is 5.07. The molecule has 3 nitrogen and oxygen atoms in total. The van der Waals surface area contributed by atoms with Gasteiger partial charge in [0.15, 0.2) is 11.5 Å². The Hall–Kier alpha value is -1.04. The smallest absolute Gasteiger partial charge is 0.174 e. The molecular weight excluding hydrogens is 350 g/mol. The third kappa shape index (κ3) is 3.99. The van der Waals surface area contributed by atoms with Crippen molar-refractivity contribution in [1.29, 1.82) is 0 Å². The zero-order valence-corrected chi connectivity index (χ0v) is 15.1. The van der Waals surface area contributed by atoms with Crippen molar-refractivity contribution in [2.45, 2.75) is 26.4 Å². The molecule has 2 rings (SSSR count). The molecule has 1 aromatic carbocycles. The maximum Gasteiger partial charge on any atom is 0.174 e. The molecule has 0 aliphatic carbocycles. The molecule has 0 spiro atoms. The molecule has 1 unspecified atom stereocenters. The van der Waals surface area contributed by atoms with E-state index in [4.69, 9.17) is 9.47 Å². The van der Waals surface area contributed by atoms with Gasteiger partial charge in [-0.1, -0.05) is 0 Å². The van der Waals surface area contributed by atoms with Gasteiger partial charge in [-0.2, -0.15) is 0 Å². The van der Waals surface area contributed by atoms with E-state index in [0.29, 0.717) is 6.04 Å². The minimum absolute atomic E-state index is 0.329. The van der Waals surface area contributed by atoms with Crippen LogP contribution in [0, 0.1) is 6.92 Å². The number of rotatable bonds is 6. The largest absolute Gasteiger partial charge is 0.493 e. The predicted molar refractivity (Wildman–Crippen MR) is 91.6 cm³/mol. The summed E-state index contributed by atoms with van der Waals surface area (Å²) in [4.78, 5) is 2.69. The van der Waals surface area contributed by atoms with E-state index in [1.54, 1.807) is 14.2 Å². The first-order valence-corrected chi connectivity index (χ1v) is 8.36. The van der Waals surface area contributed by atoms with Gasteiger partial charge in [0.1, 0.15) is 0 Å². The number of hydrogen-bond donors (Lipinski definition) is 1. The van der Waals surface area contributed by atoms with Gasteiger partial charge in [0, 0.05) is 22.3 Å². The SMILES string of the molecule is COc1cc(CNC(C)c2ccc(C)s2)cc(Br)c1OC. The number of ether oxygens (including phenoxy) is 2. The molecule has 1 heterocycles. The quantitative estimate of drug-likeness (QED) is 0.801. The summed E-state index contributed by atoms with van der Waals surface area (Å²) in [5.41, 5.74) is 1.15. The fourth-order valence-corrected chi connectivity index (χ4v) is 3.69. The molecular formula is C16H20BrNO2S. The lowest BCUT2D eigenvalue weighted by Gasteiger charge is -2.15. The van der Waals surface area contributed by atoms with Crippen LogP contribution in [-0.4, -0.2) is 14.2 Å². The van der Waals surface area contributed by atoms with E-state index in [1.165, 1.54) is 9.75 Å². The summed E-state index contributed by atoms with van der Waals surface area (Å²) in [6.45, 7) is 5.09. The summed E-state index contributed by atoms with van der Waals surface area (Å²) >= 11 is 5.35. The van der Waals surface area contributed by atoms with Crippen LogP contribution >= 0.6 is 27.3 Å². The lowest BCUT2D eigenvalue weighted by molar-refractivity contribution is 0.352. The van der Waals surface area contributed by atoms with Crippen molar-refractivity contribution >= 4 is 27.3 Å². The monoisotopic (exact) mass is 369 g/mol. The van der Waals surface area contributed by atoms with Crippen LogP contribution < -0.4 is 14.8 Å². The molecule has 0 aliphatic heterocycles. The molecule has 114 valence electrons. The second-order valence-electron chi connectivity index (χ2n) is 4.86. The Balaban J connectivity index is 2.08. The van der Waals surface area contributed by atoms with Crippen LogP contribution in [0.2, 0.25) is 0 Å². The molecule has 1 N–H and O–H groups in total. The molecule has 0 saturated heterocycles. The number of benzene rings is 1. The molecule has 0 bridgehead atoms. The lowest BCUT2D eigenvalue weighted by atomic mass is 10.2. The highest BCUT2D eigenvalue weighted by Gasteiger charge is 2.12. The van der Waals surface area contributed by atoms with Gasteiger partial charge in [-0.15, -0.1) is 11.3 Å². The van der Waals surface area contributed by atoms with Crippen molar-refractivity contribution < 1.29 is 9.47 Å². The minimum Gasteiger partial charge on any atom is -0.493 e. The Kier molecular flexibility index (Phi) is 5.67. The number of aryl methyl sites for hydroxylation is 1. The van der Waals surface area contributed by atoms with E-state index in [-0.39, 0.29) is 0 Å². The second kappa shape index (κ2) is 7.29. The summed E-state index contributed by atoms with van der Waals surface area (Å²) in [6, 6.07) is 8.73. The van der Waals surface area contributed by atoms with Crippen molar-refractivity contribution in [2.75, 3.05) is 14.2 Å². The predicted octanol–water partition coefficient (Wildman–Crippen LogP) is 4.69. The average Bonchev–Trinajstić information content (AvgIpc) is 2.90. The molecule has 0 saturated carbocycles. The molecule has 1 aromatic heterocycles. The highest BCUT2D eigenvalue weighted by atomic mass is 79.9. The molecule has 0 radical (unpaired) electrons. The van der Waals surface area contributed by atoms with Gasteiger partial charge in [-0.05, 0) is 59.6 Å². The van der Waals surface area contributed by atoms with Gasteiger partial charge in [-0.3, -0.25) is 0 Å². The van der Waals surface area contributed by atoms with Gasteiger partial charge in [0.05, 0.1) is 18.7 Å². The van der Waals surface area contributed by atoms with E-state index >= 15 is 0 Å². The molecule has 0 aliphatic rings. The Bertz CT molecular complexity index is 612. The van der Waals surface area contributed by atoms with Crippen LogP contribution in [-0.2, 0) is 6.54 Å². The third-order valence-electron chi connectivity index (χ3n) is 3.29. The number of halogens is 1. The van der Waals surface area contributed by atoms with Crippen LogP contribution in [0.5, 0.6) is 11.5 Å². The van der Waals surface area contributed by atoms with Crippen LogP contribution in [0.1, 0.15) is 28.3 Å². The number of nitrogens with one attached hydrogen (secondary N) is 1. The van der Waals surface area contributed by atoms with E-state index in [0.717, 1.165) is 28.1 Å². The fraction of sp³-hybridized carbons (Fsp3) is 0.375. The van der Waals surface area contributed by atoms with Crippen LogP contribution in [0.3, 0.4) is 0 Å². The normalized spacial score (nSPS) is 12.2. The average molecular weight is 370 g/mol. The highest BCUT2D eigenvalue weighted by Crippen LogP contribution is 2.36. The maximum absolute atomic E-state index is 5.37. The first-order chi connectivity index (χ1) is 10.0. The zero-order valence-electron chi connectivity index (χ0n) is 12.7. The summed E-state index contributed by atoms with van der Waals surface area (Å²) in [5, 5.41) is 3.54. The van der Waals surface area contributed by atoms with Crippen molar-refractivity contribution in [1.82, 2.24) is 5.32 Å². The maximum atomic E-state index is 5.37. The van der Waals surface area contributed by atoms with Crippen LogP contribution in [0.4, 0.5) is 0 Å². The Morgan fingerprint density at radius 2 is 2.00 bits per heavy atom. The molecule has 21 heavy (non-hydrogen) atoms. The molecule has 2 aromatic rings. The summed E-state index contributed by atoms with van der Waals surface area (Å²) in [6.07, 6.45) is 0. The Morgan fingerprint density at radius 1 is 1.24 bits per heavy atom. The van der Waals surface area contributed by atoms with Gasteiger partial charge in [-0.25, -0.2) is 0 Å². The van der Waals surface area contributed by atoms with Gasteiger partial charge in [0.25, 0.3) is 0 Å². The summed E-state index contributed by atoms with van der Waals surface area (Å²) in [7, 11) is 3.29. The fourth-order valence-electron chi connectivity index (χ4n) is 2.13. The van der Waals surface area contributed by atoms with Crippen LogP contribution in [0.25, 0.3) is 0 Å². The first kappa shape index (κ1) is 16.3. The van der Waals surface area contributed by atoms with Crippen molar-refractivity contribution in [3.05, 3.63) is 44.1 Å². The number of thiophene rings is 1. The van der Waals surface area contributed by atoms with Crippen molar-refractivity contribution in [3.63, 3.8) is 0 Å². The highest BCUT2D eigenvalue weighted by molar-refractivity contribution is 9.10. The van der Waals surface area contributed by atoms with Gasteiger partial charge >= 0.3 is 0 Å². The van der Waals surface area contributed by atoms with Crippen molar-refractivity contribution in [2.24, 2.45) is 0 Å². The molecule has 0 fully saturated rings. The van der Waals surface area contributed by atoms with Crippen molar-refractivity contribution in [3.8, 4) is 11.5 Å².